The summed E-state index contributed by atoms with van der Waals surface area (Å²) in [5.41, 5.74) is 2.46. The minimum absolute atomic E-state index is 0.914. The van der Waals surface area contributed by atoms with E-state index >= 15 is 0 Å². The highest BCUT2D eigenvalue weighted by atomic mass is 14.9. The molecule has 1 N–H and O–H groups in total. The van der Waals surface area contributed by atoms with E-state index in [-0.39, 0.29) is 0 Å². The lowest BCUT2D eigenvalue weighted by atomic mass is 10.1. The van der Waals surface area contributed by atoms with E-state index in [1.54, 1.807) is 12.4 Å². The Morgan fingerprint density at radius 1 is 1.14 bits per heavy atom. The first kappa shape index (κ1) is 8.75. The molecule has 0 radical (unpaired) electrons. The van der Waals surface area contributed by atoms with E-state index in [4.69, 9.17) is 0 Å². The van der Waals surface area contributed by atoms with Crippen LogP contribution in [-0.2, 0) is 6.42 Å². The number of nitrogens with zero attached hydrogens (tertiary/aromatic N) is 1. The number of hydrogen-bond acceptors (Lipinski definition) is 2. The van der Waals surface area contributed by atoms with Gasteiger partial charge in [-0.3, -0.25) is 4.99 Å². The van der Waals surface area contributed by atoms with Gasteiger partial charge in [0.2, 0.25) is 0 Å². The molecule has 0 saturated heterocycles. The molecule has 1 aliphatic heterocycles. The molecule has 1 heterocycles. The van der Waals surface area contributed by atoms with Crippen molar-refractivity contribution >= 4 is 6.21 Å². The fourth-order valence-corrected chi connectivity index (χ4v) is 1.34. The zero-order valence-corrected chi connectivity index (χ0v) is 7.85. The summed E-state index contributed by atoms with van der Waals surface area (Å²) in [5.74, 6) is 0. The van der Waals surface area contributed by atoms with Crippen molar-refractivity contribution in [3.05, 3.63) is 60.1 Å². The van der Waals surface area contributed by atoms with E-state index in [0.717, 1.165) is 12.1 Å². The van der Waals surface area contributed by atoms with Gasteiger partial charge in [-0.2, -0.15) is 0 Å². The average molecular weight is 184 g/mol. The monoisotopic (exact) mass is 184 g/mol. The third-order valence-corrected chi connectivity index (χ3v) is 2.03. The molecule has 0 aliphatic carbocycles. The van der Waals surface area contributed by atoms with Crippen LogP contribution in [0.25, 0.3) is 0 Å². The van der Waals surface area contributed by atoms with Crippen LogP contribution in [0.2, 0.25) is 0 Å². The summed E-state index contributed by atoms with van der Waals surface area (Å²) in [6.07, 6.45) is 8.30. The normalized spacial score (nSPS) is 14.4. The molecule has 2 rings (SSSR count). The van der Waals surface area contributed by atoms with E-state index in [1.807, 2.05) is 18.3 Å². The van der Waals surface area contributed by atoms with Crippen LogP contribution in [-0.4, -0.2) is 6.21 Å². The summed E-state index contributed by atoms with van der Waals surface area (Å²) in [6.45, 7) is 0. The molecule has 0 aromatic heterocycles. The quantitative estimate of drug-likeness (QED) is 0.749. The third-order valence-electron chi connectivity index (χ3n) is 2.03. The predicted molar refractivity (Wildman–Crippen MR) is 59.0 cm³/mol. The van der Waals surface area contributed by atoms with Gasteiger partial charge in [0, 0.05) is 30.7 Å². The Kier molecular flexibility index (Phi) is 2.76. The van der Waals surface area contributed by atoms with Gasteiger partial charge in [0.15, 0.2) is 0 Å². The Labute approximate surface area is 83.7 Å². The highest BCUT2D eigenvalue weighted by Gasteiger charge is 1.97. The first-order valence-electron chi connectivity index (χ1n) is 4.63. The maximum atomic E-state index is 4.02. The van der Waals surface area contributed by atoms with Crippen LogP contribution >= 0.6 is 0 Å². The molecule has 14 heavy (non-hydrogen) atoms. The Morgan fingerprint density at radius 2 is 2.00 bits per heavy atom. The summed E-state index contributed by atoms with van der Waals surface area (Å²) in [5, 5.41) is 3.19. The van der Waals surface area contributed by atoms with Crippen LogP contribution in [0.4, 0.5) is 0 Å². The second kappa shape index (κ2) is 4.42. The van der Waals surface area contributed by atoms with Crippen LogP contribution in [0, 0.1) is 0 Å². The topological polar surface area (TPSA) is 24.4 Å². The standard InChI is InChI=1S/C12H12N2/c1-2-4-11(5-3-1)10-12-6-7-13-8-9-14-12/h1-9,14H,10H2. The fourth-order valence-electron chi connectivity index (χ4n) is 1.34. The van der Waals surface area contributed by atoms with Crippen molar-refractivity contribution < 1.29 is 0 Å². The molecule has 0 atom stereocenters. The van der Waals surface area contributed by atoms with Gasteiger partial charge in [-0.25, -0.2) is 0 Å². The zero-order valence-electron chi connectivity index (χ0n) is 7.85. The molecular weight excluding hydrogens is 172 g/mol. The number of aliphatic imine (C=N–C) groups is 1. The molecule has 70 valence electrons. The van der Waals surface area contributed by atoms with Crippen molar-refractivity contribution in [1.29, 1.82) is 0 Å². The Balaban J connectivity index is 2.08. The smallest absolute Gasteiger partial charge is 0.0428 e. The number of benzene rings is 1. The maximum absolute atomic E-state index is 4.02. The van der Waals surface area contributed by atoms with E-state index in [9.17, 15) is 0 Å². The SMILES string of the molecule is C1=CNC(Cc2ccccc2)=CC=N1. The van der Waals surface area contributed by atoms with E-state index in [1.165, 1.54) is 5.56 Å². The second-order valence-electron chi connectivity index (χ2n) is 3.11. The van der Waals surface area contributed by atoms with Gasteiger partial charge in [0.25, 0.3) is 0 Å². The number of rotatable bonds is 2. The largest absolute Gasteiger partial charge is 0.363 e. The van der Waals surface area contributed by atoms with Gasteiger partial charge >= 0.3 is 0 Å². The van der Waals surface area contributed by atoms with E-state index in [0.29, 0.717) is 0 Å². The molecule has 0 unspecified atom stereocenters. The third kappa shape index (κ3) is 2.33. The van der Waals surface area contributed by atoms with Crippen molar-refractivity contribution in [2.45, 2.75) is 6.42 Å². The minimum Gasteiger partial charge on any atom is -0.363 e. The first-order chi connectivity index (χ1) is 6.95. The lowest BCUT2D eigenvalue weighted by Crippen LogP contribution is -2.06. The van der Waals surface area contributed by atoms with Crippen LogP contribution in [0.1, 0.15) is 5.56 Å². The molecule has 1 aliphatic rings. The summed E-state index contributed by atoms with van der Waals surface area (Å²) in [6, 6.07) is 10.4. The molecule has 1 aromatic carbocycles. The highest BCUT2D eigenvalue weighted by molar-refractivity contribution is 5.73. The molecule has 0 saturated carbocycles. The van der Waals surface area contributed by atoms with Gasteiger partial charge in [0.1, 0.15) is 0 Å². The van der Waals surface area contributed by atoms with E-state index in [2.05, 4.69) is 34.6 Å². The van der Waals surface area contributed by atoms with Crippen LogP contribution in [0.3, 0.4) is 0 Å². The minimum atomic E-state index is 0.914. The lowest BCUT2D eigenvalue weighted by Gasteiger charge is -2.05. The number of allylic oxidation sites excluding steroid dienone is 2. The molecule has 0 amide bonds. The first-order valence-corrected chi connectivity index (χ1v) is 4.63. The summed E-state index contributed by atoms with van der Waals surface area (Å²) >= 11 is 0. The second-order valence-corrected chi connectivity index (χ2v) is 3.11. The number of nitrogens with one attached hydrogen (secondary N) is 1. The zero-order chi connectivity index (χ0) is 9.64. The van der Waals surface area contributed by atoms with Crippen LogP contribution in [0.15, 0.2) is 59.5 Å². The van der Waals surface area contributed by atoms with Crippen molar-refractivity contribution in [2.75, 3.05) is 0 Å². The van der Waals surface area contributed by atoms with Crippen LogP contribution in [0.5, 0.6) is 0 Å². The molecule has 2 nitrogen and oxygen atoms in total. The van der Waals surface area contributed by atoms with Crippen molar-refractivity contribution in [2.24, 2.45) is 4.99 Å². The fraction of sp³-hybridized carbons (Fsp3) is 0.0833. The molecular formula is C12H12N2. The maximum Gasteiger partial charge on any atom is 0.0428 e. The molecule has 1 aromatic rings. The van der Waals surface area contributed by atoms with Gasteiger partial charge in [-0.05, 0) is 11.6 Å². The Morgan fingerprint density at radius 3 is 2.86 bits per heavy atom. The summed E-state index contributed by atoms with van der Waals surface area (Å²) in [7, 11) is 0. The average Bonchev–Trinajstić information content (AvgIpc) is 2.48. The van der Waals surface area contributed by atoms with Gasteiger partial charge in [-0.15, -0.1) is 0 Å². The Hall–Kier alpha value is -1.83. The van der Waals surface area contributed by atoms with Gasteiger partial charge in [-0.1, -0.05) is 30.3 Å². The van der Waals surface area contributed by atoms with Crippen molar-refractivity contribution in [3.63, 3.8) is 0 Å². The van der Waals surface area contributed by atoms with E-state index < -0.39 is 0 Å². The van der Waals surface area contributed by atoms with Gasteiger partial charge < -0.3 is 5.32 Å². The van der Waals surface area contributed by atoms with Gasteiger partial charge in [0.05, 0.1) is 0 Å². The van der Waals surface area contributed by atoms with Crippen LogP contribution < -0.4 is 5.32 Å². The predicted octanol–water partition coefficient (Wildman–Crippen LogP) is 2.26. The molecule has 0 bridgehead atoms. The Bertz CT molecular complexity index is 375. The summed E-state index contributed by atoms with van der Waals surface area (Å²) in [4.78, 5) is 4.02. The number of hydrogen-bond donors (Lipinski definition) is 1. The summed E-state index contributed by atoms with van der Waals surface area (Å²) < 4.78 is 0. The van der Waals surface area contributed by atoms with Crippen molar-refractivity contribution in [1.82, 2.24) is 5.32 Å². The molecule has 0 fully saturated rings. The van der Waals surface area contributed by atoms with Crippen molar-refractivity contribution in [3.8, 4) is 0 Å². The molecule has 0 spiro atoms. The molecule has 2 heteroatoms. The highest BCUT2D eigenvalue weighted by Crippen LogP contribution is 2.05. The lowest BCUT2D eigenvalue weighted by molar-refractivity contribution is 0.974.